The van der Waals surface area contributed by atoms with E-state index in [9.17, 15) is 0 Å². The zero-order valence-electron chi connectivity index (χ0n) is 14.6. The number of halogens is 1. The van der Waals surface area contributed by atoms with E-state index >= 15 is 0 Å². The number of unbranched alkanes of at least 4 members (excludes halogenated alkanes) is 3. The molecule has 0 spiro atoms. The molecule has 0 saturated heterocycles. The van der Waals surface area contributed by atoms with E-state index in [0.29, 0.717) is 24.0 Å². The number of aliphatic imine (C=N–C) groups is 2. The van der Waals surface area contributed by atoms with Gasteiger partial charge < -0.3 is 21.3 Å². The van der Waals surface area contributed by atoms with Crippen LogP contribution in [0.1, 0.15) is 51.4 Å². The highest BCUT2D eigenvalue weighted by molar-refractivity contribution is 14.0. The van der Waals surface area contributed by atoms with Crippen LogP contribution in [-0.2, 0) is 0 Å². The molecule has 0 aromatic rings. The van der Waals surface area contributed by atoms with E-state index in [1.807, 2.05) is 14.1 Å². The van der Waals surface area contributed by atoms with Gasteiger partial charge in [-0.1, -0.05) is 12.8 Å². The quantitative estimate of drug-likeness (QED) is 0.251. The lowest BCUT2D eigenvalue weighted by atomic mass is 10.2. The molecule has 2 aliphatic carbocycles. The smallest absolute Gasteiger partial charge is 0.191 e. The van der Waals surface area contributed by atoms with E-state index in [1.54, 1.807) is 0 Å². The summed E-state index contributed by atoms with van der Waals surface area (Å²) in [6.45, 7) is 1.66. The van der Waals surface area contributed by atoms with Crippen LogP contribution < -0.4 is 11.5 Å². The molecular weight excluding hydrogens is 403 g/mol. The van der Waals surface area contributed by atoms with Gasteiger partial charge in [0.2, 0.25) is 0 Å². The molecule has 0 radical (unpaired) electrons. The van der Waals surface area contributed by atoms with Crippen molar-refractivity contribution in [2.24, 2.45) is 21.5 Å². The van der Waals surface area contributed by atoms with Gasteiger partial charge >= 0.3 is 0 Å². The van der Waals surface area contributed by atoms with E-state index in [1.165, 1.54) is 38.5 Å². The molecule has 2 rings (SSSR count). The average Bonchev–Trinajstić information content (AvgIpc) is 3.40. The van der Waals surface area contributed by atoms with Crippen molar-refractivity contribution in [2.45, 2.75) is 63.5 Å². The highest BCUT2D eigenvalue weighted by Gasteiger charge is 2.27. The minimum atomic E-state index is 0. The third-order valence-electron chi connectivity index (χ3n) is 4.53. The first-order valence-electron chi connectivity index (χ1n) is 8.65. The Labute approximate surface area is 157 Å². The fourth-order valence-electron chi connectivity index (χ4n) is 2.49. The van der Waals surface area contributed by atoms with Gasteiger partial charge in [-0.2, -0.15) is 0 Å². The monoisotopic (exact) mass is 436 g/mol. The van der Waals surface area contributed by atoms with E-state index in [4.69, 9.17) is 11.5 Å². The standard InChI is InChI=1S/C16H32N6.HI/c1-21(13-7-8-13)15(17)19-11-5-3-4-6-12-20-16(18)22(2)14-9-10-14;/h13-14H,3-12H2,1-2H3,(H2,17,19)(H2,18,20);1H. The highest BCUT2D eigenvalue weighted by Crippen LogP contribution is 2.25. The first kappa shape index (κ1) is 20.3. The Balaban J connectivity index is 0.00000264. The number of hydrogen-bond donors (Lipinski definition) is 2. The van der Waals surface area contributed by atoms with Crippen molar-refractivity contribution in [2.75, 3.05) is 27.2 Å². The first-order valence-corrected chi connectivity index (χ1v) is 8.65. The minimum absolute atomic E-state index is 0. The number of guanidine groups is 2. The van der Waals surface area contributed by atoms with Crippen LogP contribution in [-0.4, -0.2) is 61.0 Å². The van der Waals surface area contributed by atoms with E-state index in [-0.39, 0.29) is 24.0 Å². The lowest BCUT2D eigenvalue weighted by Crippen LogP contribution is -2.35. The summed E-state index contributed by atoms with van der Waals surface area (Å²) in [5, 5.41) is 0. The van der Waals surface area contributed by atoms with Crippen molar-refractivity contribution >= 4 is 35.9 Å². The molecule has 0 aromatic heterocycles. The fourth-order valence-corrected chi connectivity index (χ4v) is 2.49. The Hall–Kier alpha value is -0.730. The lowest BCUT2D eigenvalue weighted by Gasteiger charge is -2.17. The van der Waals surface area contributed by atoms with Gasteiger partial charge in [0.25, 0.3) is 0 Å². The van der Waals surface area contributed by atoms with Crippen molar-refractivity contribution < 1.29 is 0 Å². The third kappa shape index (κ3) is 7.58. The van der Waals surface area contributed by atoms with Gasteiger partial charge in [-0.3, -0.25) is 9.98 Å². The second kappa shape index (κ2) is 10.2. The van der Waals surface area contributed by atoms with E-state index in [2.05, 4.69) is 19.8 Å². The normalized spacial score (nSPS) is 18.5. The fraction of sp³-hybridized carbons (Fsp3) is 0.875. The summed E-state index contributed by atoms with van der Waals surface area (Å²) in [6, 6.07) is 1.28. The Morgan fingerprint density at radius 2 is 1.13 bits per heavy atom. The van der Waals surface area contributed by atoms with Crippen LogP contribution >= 0.6 is 24.0 Å². The lowest BCUT2D eigenvalue weighted by molar-refractivity contribution is 0.485. The molecule has 7 heteroatoms. The molecule has 2 aliphatic rings. The van der Waals surface area contributed by atoms with Gasteiger partial charge in [-0.05, 0) is 38.5 Å². The van der Waals surface area contributed by atoms with E-state index < -0.39 is 0 Å². The molecule has 0 bridgehead atoms. The molecule has 0 atom stereocenters. The summed E-state index contributed by atoms with van der Waals surface area (Å²) in [6.07, 6.45) is 9.58. The molecule has 0 heterocycles. The molecule has 0 aromatic carbocycles. The summed E-state index contributed by atoms with van der Waals surface area (Å²) in [4.78, 5) is 13.1. The van der Waals surface area contributed by atoms with E-state index in [0.717, 1.165) is 25.9 Å². The molecule has 134 valence electrons. The van der Waals surface area contributed by atoms with Crippen LogP contribution in [0.2, 0.25) is 0 Å². The Kier molecular flexibility index (Phi) is 9.01. The van der Waals surface area contributed by atoms with Gasteiger partial charge in [0, 0.05) is 39.3 Å². The van der Waals surface area contributed by atoms with Crippen molar-refractivity contribution in [3.8, 4) is 0 Å². The number of nitrogens with two attached hydrogens (primary N) is 2. The molecule has 23 heavy (non-hydrogen) atoms. The zero-order chi connectivity index (χ0) is 15.9. The van der Waals surface area contributed by atoms with Gasteiger partial charge in [-0.15, -0.1) is 24.0 Å². The molecule has 2 saturated carbocycles. The van der Waals surface area contributed by atoms with Crippen molar-refractivity contribution in [1.82, 2.24) is 9.80 Å². The maximum atomic E-state index is 5.95. The summed E-state index contributed by atoms with van der Waals surface area (Å²) in [5.74, 6) is 1.39. The molecule has 2 fully saturated rings. The van der Waals surface area contributed by atoms with Crippen LogP contribution in [0, 0.1) is 0 Å². The second-order valence-corrected chi connectivity index (χ2v) is 6.58. The molecule has 4 N–H and O–H groups in total. The maximum absolute atomic E-state index is 5.95. The number of hydrogen-bond acceptors (Lipinski definition) is 2. The topological polar surface area (TPSA) is 83.2 Å². The van der Waals surface area contributed by atoms with Crippen LogP contribution in [0.5, 0.6) is 0 Å². The van der Waals surface area contributed by atoms with Crippen molar-refractivity contribution in [3.05, 3.63) is 0 Å². The third-order valence-corrected chi connectivity index (χ3v) is 4.53. The molecule has 0 aliphatic heterocycles. The Bertz CT molecular complexity index is 365. The summed E-state index contributed by atoms with van der Waals surface area (Å²) < 4.78 is 0. The van der Waals surface area contributed by atoms with Crippen LogP contribution in [0.25, 0.3) is 0 Å². The summed E-state index contributed by atoms with van der Waals surface area (Å²) in [5.41, 5.74) is 11.9. The number of rotatable bonds is 9. The molecule has 6 nitrogen and oxygen atoms in total. The molecule has 0 unspecified atom stereocenters. The first-order chi connectivity index (χ1) is 10.6. The summed E-state index contributed by atoms with van der Waals surface area (Å²) in [7, 11) is 4.08. The second-order valence-electron chi connectivity index (χ2n) is 6.58. The van der Waals surface area contributed by atoms with Crippen molar-refractivity contribution in [1.29, 1.82) is 0 Å². The van der Waals surface area contributed by atoms with Crippen molar-refractivity contribution in [3.63, 3.8) is 0 Å². The van der Waals surface area contributed by atoms with Gasteiger partial charge in [0.1, 0.15) is 0 Å². The highest BCUT2D eigenvalue weighted by atomic mass is 127. The minimum Gasteiger partial charge on any atom is -0.370 e. The zero-order valence-corrected chi connectivity index (χ0v) is 16.9. The van der Waals surface area contributed by atoms with Gasteiger partial charge in [0.05, 0.1) is 0 Å². The predicted molar refractivity (Wildman–Crippen MR) is 108 cm³/mol. The van der Waals surface area contributed by atoms with Gasteiger partial charge in [0.15, 0.2) is 11.9 Å². The number of nitrogens with zero attached hydrogens (tertiary/aromatic N) is 4. The van der Waals surface area contributed by atoms with Crippen LogP contribution in [0.3, 0.4) is 0 Å². The summed E-state index contributed by atoms with van der Waals surface area (Å²) >= 11 is 0. The van der Waals surface area contributed by atoms with Gasteiger partial charge in [-0.25, -0.2) is 0 Å². The largest absolute Gasteiger partial charge is 0.370 e. The maximum Gasteiger partial charge on any atom is 0.191 e. The molecular formula is C16H33IN6. The van der Waals surface area contributed by atoms with Crippen LogP contribution in [0.4, 0.5) is 0 Å². The Morgan fingerprint density at radius 3 is 1.43 bits per heavy atom. The molecule has 0 amide bonds. The predicted octanol–water partition coefficient (Wildman–Crippen LogP) is 1.98. The Morgan fingerprint density at radius 1 is 0.783 bits per heavy atom. The van der Waals surface area contributed by atoms with Crippen LogP contribution in [0.15, 0.2) is 9.98 Å². The average molecular weight is 436 g/mol. The SMILES string of the molecule is CN(C(N)=NCCCCCCN=C(N)N(C)C1CC1)C1CC1.I.